The van der Waals surface area contributed by atoms with Crippen LogP contribution in [-0.4, -0.2) is 110 Å². The van der Waals surface area contributed by atoms with Crippen molar-refractivity contribution in [3.8, 4) is 11.5 Å². The number of benzene rings is 5. The highest BCUT2D eigenvalue weighted by molar-refractivity contribution is 6.03. The number of aromatic amines is 2. The third-order valence-corrected chi connectivity index (χ3v) is 18.7. The number of likely N-dealkylation sites (N-methyl/N-ethyl adjacent to an activating group) is 2. The maximum atomic E-state index is 14.9. The lowest BCUT2D eigenvalue weighted by Crippen LogP contribution is -2.54. The van der Waals surface area contributed by atoms with Crippen LogP contribution >= 0.6 is 0 Å². The lowest BCUT2D eigenvalue weighted by atomic mass is 9.91. The third kappa shape index (κ3) is 17.3. The van der Waals surface area contributed by atoms with Gasteiger partial charge in [-0.15, -0.1) is 0 Å². The second-order valence-electron chi connectivity index (χ2n) is 27.0. The normalized spacial score (nSPS) is 14.7. The Hall–Kier alpha value is -9.80. The van der Waals surface area contributed by atoms with E-state index < -0.39 is 35.0 Å². The molecule has 8 N–H and O–H groups in total. The van der Waals surface area contributed by atoms with Gasteiger partial charge in [-0.25, -0.2) is 8.78 Å². The number of ether oxygens (including phenoxy) is 2. The zero-order valence-corrected chi connectivity index (χ0v) is 57.9. The topological polar surface area (TPSA) is 265 Å². The van der Waals surface area contributed by atoms with E-state index in [1.54, 1.807) is 84.6 Å². The van der Waals surface area contributed by atoms with E-state index in [0.717, 1.165) is 55.6 Å². The first-order chi connectivity index (χ1) is 46.6. The number of aryl methyl sites for hydroxylation is 4. The molecule has 22 heteroatoms. The molecule has 4 heterocycles. The van der Waals surface area contributed by atoms with E-state index in [2.05, 4.69) is 41.9 Å². The largest absolute Gasteiger partial charge is 0.484 e. The number of fused-ring (bicyclic) bond motifs is 2. The first-order valence-electron chi connectivity index (χ1n) is 33.3. The lowest BCUT2D eigenvalue weighted by molar-refractivity contribution is -0.128. The highest BCUT2D eigenvalue weighted by Gasteiger charge is 2.44. The SMILES string of the molecule is CC[C@H](NC)C(=O)N[C@@H](Cc1c(C)cc(OCC(=O)NCc2ccc(CNC(=O)COc3cc(C)c(C[C@H](NC(=O)[C@H](CC)NC)C(=O)N4CC(C)(C)c5[nH]c(=O)c(Cc6ccc(F)cc6)cc54)c(C)c3)cc2)cc1C)C(=O)N1CC(C)(C)c2[nH]c(=O)c(Cc3ccc(F)cc3)cc21. The van der Waals surface area contributed by atoms with Crippen molar-refractivity contribution >= 4 is 46.8 Å². The van der Waals surface area contributed by atoms with Gasteiger partial charge in [0.25, 0.3) is 22.9 Å². The fourth-order valence-corrected chi connectivity index (χ4v) is 13.1. The molecule has 4 atom stereocenters. The molecule has 5 aromatic carbocycles. The van der Waals surface area contributed by atoms with Crippen LogP contribution in [0, 0.1) is 39.3 Å². The van der Waals surface area contributed by atoms with Gasteiger partial charge in [0.1, 0.15) is 35.2 Å². The Morgan fingerprint density at radius 2 is 0.827 bits per heavy atom. The number of halogens is 2. The van der Waals surface area contributed by atoms with E-state index in [1.807, 2.05) is 93.5 Å². The van der Waals surface area contributed by atoms with E-state index in [9.17, 15) is 47.1 Å². The van der Waals surface area contributed by atoms with Crippen molar-refractivity contribution in [1.82, 2.24) is 41.9 Å². The van der Waals surface area contributed by atoms with Crippen molar-refractivity contribution in [2.45, 2.75) is 156 Å². The molecule has 0 fully saturated rings. The fraction of sp³-hybridized carbons (Fsp3) is 0.395. The van der Waals surface area contributed by atoms with Crippen LogP contribution in [0.2, 0.25) is 0 Å². The molecule has 98 heavy (non-hydrogen) atoms. The monoisotopic (exact) mass is 1340 g/mol. The molecule has 7 aromatic rings. The summed E-state index contributed by atoms with van der Waals surface area (Å²) in [6.45, 7) is 19.4. The molecule has 0 radical (unpaired) electrons. The number of carbonyl (C=O) groups is 6. The van der Waals surface area contributed by atoms with E-state index in [0.29, 0.717) is 58.2 Å². The summed E-state index contributed by atoms with van der Waals surface area (Å²) in [5, 5.41) is 17.9. The second-order valence-corrected chi connectivity index (χ2v) is 27.0. The maximum Gasteiger partial charge on any atom is 0.258 e. The number of H-pyrrole nitrogens is 2. The van der Waals surface area contributed by atoms with E-state index in [4.69, 9.17) is 9.47 Å². The zero-order valence-electron chi connectivity index (χ0n) is 57.9. The number of aromatic nitrogens is 2. The minimum atomic E-state index is -1.01. The first kappa shape index (κ1) is 72.5. The van der Waals surface area contributed by atoms with Crippen LogP contribution in [0.15, 0.2) is 119 Å². The maximum absolute atomic E-state index is 14.9. The van der Waals surface area contributed by atoms with Crippen molar-refractivity contribution < 1.29 is 47.0 Å². The van der Waals surface area contributed by atoms with Gasteiger partial charge in [0.2, 0.25) is 23.6 Å². The van der Waals surface area contributed by atoms with Crippen LogP contribution in [0.5, 0.6) is 11.5 Å². The molecule has 0 saturated heterocycles. The number of amides is 6. The second kappa shape index (κ2) is 31.2. The quantitative estimate of drug-likeness (QED) is 0.0233. The molecular weight excluding hydrogens is 1250 g/mol. The Bertz CT molecular complexity index is 3920. The predicted octanol–water partition coefficient (Wildman–Crippen LogP) is 7.85. The molecule has 0 spiro atoms. The minimum Gasteiger partial charge on any atom is -0.484 e. The first-order valence-corrected chi connectivity index (χ1v) is 33.3. The average Bonchev–Trinajstić information content (AvgIpc) is 1.59. The summed E-state index contributed by atoms with van der Waals surface area (Å²) in [6, 6.07) is 26.7. The number of anilines is 2. The lowest BCUT2D eigenvalue weighted by Gasteiger charge is -2.28. The van der Waals surface area contributed by atoms with Crippen LogP contribution in [0.1, 0.15) is 133 Å². The van der Waals surface area contributed by atoms with Gasteiger partial charge in [0.05, 0.1) is 23.5 Å². The van der Waals surface area contributed by atoms with Crippen molar-refractivity contribution in [1.29, 1.82) is 0 Å². The van der Waals surface area contributed by atoms with Gasteiger partial charge in [-0.05, 0) is 171 Å². The standard InChI is InChI=1S/C76H90F2N10O10/c1-13-59(79-11)71(93)83-61(73(95)87-41-75(7,8)67-63(87)33-51(69(91)85-67)31-47-19-23-53(77)24-20-47)35-57-43(3)27-55(28-44(57)4)97-39-65(89)81-37-49-15-17-50(18-16-49)38-82-66(90)40-98-56-29-45(5)58(46(6)30-56)36-62(84-72(94)60(14-2)80-12)74(96)88-42-76(9,10)68-64(88)34-52(70(92)86-68)32-48-21-25-54(78)26-22-48/h15-30,33-34,59-62,79-80H,13-14,31-32,35-42H2,1-12H3,(H,81,89)(H,82,90)(H,83,93)(H,84,94)(H,85,91)(H,86,92)/t59-,60-,61-,62-/m0/s1. The van der Waals surface area contributed by atoms with Gasteiger partial charge in [-0.3, -0.25) is 38.4 Å². The fourth-order valence-electron chi connectivity index (χ4n) is 13.1. The molecule has 0 saturated carbocycles. The zero-order chi connectivity index (χ0) is 70.9. The van der Waals surface area contributed by atoms with Gasteiger partial charge < -0.3 is 61.1 Å². The Balaban J connectivity index is 0.770. The van der Waals surface area contributed by atoms with Gasteiger partial charge in [0.15, 0.2) is 13.2 Å². The van der Waals surface area contributed by atoms with Crippen LogP contribution in [-0.2, 0) is 78.4 Å². The molecule has 20 nitrogen and oxygen atoms in total. The number of nitrogens with zero attached hydrogens (tertiary/aromatic N) is 2. The molecule has 0 bridgehead atoms. The van der Waals surface area contributed by atoms with Crippen molar-refractivity contribution in [3.05, 3.63) is 220 Å². The summed E-state index contributed by atoms with van der Waals surface area (Å²) in [5.41, 5.74) is 9.11. The smallest absolute Gasteiger partial charge is 0.258 e. The van der Waals surface area contributed by atoms with Crippen molar-refractivity contribution in [2.75, 3.05) is 50.2 Å². The third-order valence-electron chi connectivity index (χ3n) is 18.7. The predicted molar refractivity (Wildman–Crippen MR) is 374 cm³/mol. The summed E-state index contributed by atoms with van der Waals surface area (Å²) in [4.78, 5) is 120. The molecule has 0 aliphatic carbocycles. The number of hydrogen-bond donors (Lipinski definition) is 8. The number of carbonyl (C=O) groups excluding carboxylic acids is 6. The molecular formula is C76H90F2N10O10. The number of rotatable bonds is 28. The number of pyridine rings is 2. The Morgan fingerprint density at radius 3 is 1.14 bits per heavy atom. The molecule has 0 unspecified atom stereocenters. The summed E-state index contributed by atoms with van der Waals surface area (Å²) in [5.74, 6) is -1.98. The minimum absolute atomic E-state index is 0.141. The van der Waals surface area contributed by atoms with Gasteiger partial charge in [-0.1, -0.05) is 90.1 Å². The molecule has 6 amide bonds. The van der Waals surface area contributed by atoms with E-state index in [-0.39, 0.29) is 123 Å². The van der Waals surface area contributed by atoms with Gasteiger partial charge in [0, 0.05) is 85.2 Å². The Kier molecular flexibility index (Phi) is 23.0. The Labute approximate surface area is 570 Å². The highest BCUT2D eigenvalue weighted by atomic mass is 19.1. The summed E-state index contributed by atoms with van der Waals surface area (Å²) in [6.07, 6.45) is 1.68. The molecule has 2 aliphatic rings. The van der Waals surface area contributed by atoms with E-state index in [1.165, 1.54) is 24.3 Å². The highest BCUT2D eigenvalue weighted by Crippen LogP contribution is 2.41. The molecule has 518 valence electrons. The number of nitrogens with one attached hydrogen (secondary N) is 8. The van der Waals surface area contributed by atoms with Crippen LogP contribution in [0.3, 0.4) is 0 Å². The molecule has 9 rings (SSSR count). The average molecular weight is 1340 g/mol. The van der Waals surface area contributed by atoms with Crippen LogP contribution in [0.25, 0.3) is 0 Å². The van der Waals surface area contributed by atoms with Crippen molar-refractivity contribution in [3.63, 3.8) is 0 Å². The summed E-state index contributed by atoms with van der Waals surface area (Å²) < 4.78 is 39.5. The van der Waals surface area contributed by atoms with E-state index >= 15 is 0 Å². The van der Waals surface area contributed by atoms with Gasteiger partial charge >= 0.3 is 0 Å². The van der Waals surface area contributed by atoms with Gasteiger partial charge in [-0.2, -0.15) is 0 Å². The van der Waals surface area contributed by atoms with Crippen LogP contribution < -0.4 is 62.3 Å². The molecule has 2 aliphatic heterocycles. The van der Waals surface area contributed by atoms with Crippen LogP contribution in [0.4, 0.5) is 20.2 Å². The summed E-state index contributed by atoms with van der Waals surface area (Å²) in [7, 11) is 3.38. The Morgan fingerprint density at radius 1 is 0.500 bits per heavy atom. The number of hydrogen-bond acceptors (Lipinski definition) is 12. The molecule has 2 aromatic heterocycles. The van der Waals surface area contributed by atoms with Crippen molar-refractivity contribution in [2.24, 2.45) is 0 Å². The summed E-state index contributed by atoms with van der Waals surface area (Å²) >= 11 is 0.